The lowest BCUT2D eigenvalue weighted by Gasteiger charge is -2.09. The number of esters is 1. The summed E-state index contributed by atoms with van der Waals surface area (Å²) in [5.74, 6) is 0.484. The van der Waals surface area contributed by atoms with Crippen LogP contribution in [-0.2, 0) is 10.5 Å². The molecule has 104 valence electrons. The second kappa shape index (κ2) is 6.62. The van der Waals surface area contributed by atoms with Crippen molar-refractivity contribution < 1.29 is 9.53 Å². The van der Waals surface area contributed by atoms with Gasteiger partial charge < -0.3 is 4.74 Å². The van der Waals surface area contributed by atoms with E-state index in [1.54, 1.807) is 11.8 Å². The molecule has 0 fully saturated rings. The number of hydrogen-bond acceptors (Lipinski definition) is 3. The molecule has 0 saturated carbocycles. The number of carbonyl (C=O) groups excluding carboxylic acids is 1. The Morgan fingerprint density at radius 1 is 1.15 bits per heavy atom. The summed E-state index contributed by atoms with van der Waals surface area (Å²) in [5, 5.41) is 0. The zero-order chi connectivity index (χ0) is 14.5. The summed E-state index contributed by atoms with van der Waals surface area (Å²) in [6, 6.07) is 14.0. The van der Waals surface area contributed by atoms with Gasteiger partial charge in [-0.25, -0.2) is 4.79 Å². The molecule has 0 radical (unpaired) electrons. The summed E-state index contributed by atoms with van der Waals surface area (Å²) in [6.45, 7) is 4.19. The highest BCUT2D eigenvalue weighted by Crippen LogP contribution is 2.28. The number of aryl methyl sites for hydroxylation is 2. The lowest BCUT2D eigenvalue weighted by atomic mass is 10.1. The van der Waals surface area contributed by atoms with Crippen molar-refractivity contribution in [1.29, 1.82) is 0 Å². The van der Waals surface area contributed by atoms with Crippen molar-refractivity contribution in [2.24, 2.45) is 0 Å². The monoisotopic (exact) mass is 286 g/mol. The van der Waals surface area contributed by atoms with Gasteiger partial charge in [-0.05, 0) is 37.1 Å². The molecule has 0 aliphatic heterocycles. The van der Waals surface area contributed by atoms with Crippen LogP contribution in [0.15, 0.2) is 47.4 Å². The van der Waals surface area contributed by atoms with E-state index in [2.05, 4.69) is 32.0 Å². The predicted octanol–water partition coefficient (Wildman–Crippen LogP) is 4.38. The summed E-state index contributed by atoms with van der Waals surface area (Å²) in [7, 11) is 1.41. The van der Waals surface area contributed by atoms with Crippen molar-refractivity contribution >= 4 is 17.7 Å². The third-order valence-corrected chi connectivity index (χ3v) is 4.36. The number of benzene rings is 2. The third-order valence-electron chi connectivity index (χ3n) is 3.15. The van der Waals surface area contributed by atoms with Gasteiger partial charge in [0.25, 0.3) is 0 Å². The Hall–Kier alpha value is -1.74. The first-order valence-corrected chi connectivity index (χ1v) is 7.46. The summed E-state index contributed by atoms with van der Waals surface area (Å²) in [6.07, 6.45) is 0. The Morgan fingerprint density at radius 2 is 1.90 bits per heavy atom. The Kier molecular flexibility index (Phi) is 4.85. The minimum Gasteiger partial charge on any atom is -0.465 e. The first-order chi connectivity index (χ1) is 9.61. The largest absolute Gasteiger partial charge is 0.465 e. The van der Waals surface area contributed by atoms with Crippen LogP contribution in [0.25, 0.3) is 0 Å². The Bertz CT molecular complexity index is 620. The zero-order valence-electron chi connectivity index (χ0n) is 12.0. The van der Waals surface area contributed by atoms with E-state index < -0.39 is 0 Å². The van der Waals surface area contributed by atoms with Crippen LogP contribution in [0.3, 0.4) is 0 Å². The van der Waals surface area contributed by atoms with Crippen LogP contribution < -0.4 is 0 Å². The highest BCUT2D eigenvalue weighted by Gasteiger charge is 2.11. The highest BCUT2D eigenvalue weighted by atomic mass is 32.2. The van der Waals surface area contributed by atoms with Crippen molar-refractivity contribution in [3.63, 3.8) is 0 Å². The molecule has 0 aliphatic rings. The smallest absolute Gasteiger partial charge is 0.338 e. The molecule has 2 rings (SSSR count). The molecule has 0 saturated heterocycles. The van der Waals surface area contributed by atoms with Gasteiger partial charge in [0.15, 0.2) is 0 Å². The molecule has 3 heteroatoms. The molecule has 0 atom stereocenters. The van der Waals surface area contributed by atoms with Gasteiger partial charge in [-0.1, -0.05) is 35.9 Å². The summed E-state index contributed by atoms with van der Waals surface area (Å²) in [4.78, 5) is 13.0. The molecule has 0 spiro atoms. The van der Waals surface area contributed by atoms with Crippen LogP contribution in [-0.4, -0.2) is 13.1 Å². The van der Waals surface area contributed by atoms with E-state index in [0.29, 0.717) is 5.56 Å². The van der Waals surface area contributed by atoms with Gasteiger partial charge in [0.1, 0.15) is 0 Å². The Morgan fingerprint density at radius 3 is 2.65 bits per heavy atom. The normalized spacial score (nSPS) is 10.3. The van der Waals surface area contributed by atoms with Crippen molar-refractivity contribution in [3.8, 4) is 0 Å². The molecule has 20 heavy (non-hydrogen) atoms. The Balaban J connectivity index is 2.19. The van der Waals surface area contributed by atoms with Crippen LogP contribution in [0.1, 0.15) is 27.0 Å². The number of ether oxygens (including phenoxy) is 1. The van der Waals surface area contributed by atoms with Gasteiger partial charge in [0.2, 0.25) is 0 Å². The van der Waals surface area contributed by atoms with E-state index in [4.69, 9.17) is 4.74 Å². The number of rotatable bonds is 4. The van der Waals surface area contributed by atoms with E-state index in [1.165, 1.54) is 23.1 Å². The van der Waals surface area contributed by atoms with Gasteiger partial charge in [0.05, 0.1) is 12.7 Å². The average Bonchev–Trinajstić information content (AvgIpc) is 2.47. The number of thioether (sulfide) groups is 1. The zero-order valence-corrected chi connectivity index (χ0v) is 12.8. The average molecular weight is 286 g/mol. The number of methoxy groups -OCH3 is 1. The summed E-state index contributed by atoms with van der Waals surface area (Å²) >= 11 is 1.75. The molecule has 0 heterocycles. The maximum atomic E-state index is 11.7. The van der Waals surface area contributed by atoms with Crippen molar-refractivity contribution in [2.45, 2.75) is 24.5 Å². The lowest BCUT2D eigenvalue weighted by molar-refractivity contribution is 0.0600. The Labute approximate surface area is 124 Å². The van der Waals surface area contributed by atoms with Crippen LogP contribution >= 0.6 is 11.8 Å². The summed E-state index contributed by atoms with van der Waals surface area (Å²) < 4.78 is 4.82. The van der Waals surface area contributed by atoms with Crippen molar-refractivity contribution in [1.82, 2.24) is 0 Å². The second-order valence-corrected chi connectivity index (χ2v) is 5.72. The summed E-state index contributed by atoms with van der Waals surface area (Å²) in [5.41, 5.74) is 4.16. The molecule has 0 aliphatic carbocycles. The second-order valence-electron chi connectivity index (χ2n) is 4.71. The molecule has 0 aromatic heterocycles. The predicted molar refractivity (Wildman–Crippen MR) is 83.3 cm³/mol. The molecule has 2 nitrogen and oxygen atoms in total. The van der Waals surface area contributed by atoms with Gasteiger partial charge >= 0.3 is 5.97 Å². The molecule has 0 unspecified atom stereocenters. The molecular weight excluding hydrogens is 268 g/mol. The number of hydrogen-bond donors (Lipinski definition) is 0. The standard InChI is InChI=1S/C17H18O2S/c1-12-8-9-13(2)16(10-12)20-11-14-6-4-5-7-15(14)17(18)19-3/h4-10H,11H2,1-3H3. The van der Waals surface area contributed by atoms with Crippen LogP contribution in [0.2, 0.25) is 0 Å². The first kappa shape index (κ1) is 14.7. The van der Waals surface area contributed by atoms with E-state index >= 15 is 0 Å². The fourth-order valence-corrected chi connectivity index (χ4v) is 3.10. The lowest BCUT2D eigenvalue weighted by Crippen LogP contribution is -2.04. The minimum absolute atomic E-state index is 0.276. The topological polar surface area (TPSA) is 26.3 Å². The molecule has 0 amide bonds. The quantitative estimate of drug-likeness (QED) is 0.616. The van der Waals surface area contributed by atoms with Gasteiger partial charge in [0, 0.05) is 10.6 Å². The fraction of sp³-hybridized carbons (Fsp3) is 0.235. The maximum absolute atomic E-state index is 11.7. The minimum atomic E-state index is -0.276. The fourth-order valence-electron chi connectivity index (χ4n) is 1.97. The SMILES string of the molecule is COC(=O)c1ccccc1CSc1cc(C)ccc1C. The van der Waals surface area contributed by atoms with Crippen LogP contribution in [0.4, 0.5) is 0 Å². The van der Waals surface area contributed by atoms with E-state index in [1.807, 2.05) is 24.3 Å². The van der Waals surface area contributed by atoms with Crippen LogP contribution in [0.5, 0.6) is 0 Å². The third kappa shape index (κ3) is 3.42. The molecular formula is C17H18O2S. The van der Waals surface area contributed by atoms with Crippen LogP contribution in [0, 0.1) is 13.8 Å². The molecule has 2 aromatic carbocycles. The van der Waals surface area contributed by atoms with Gasteiger partial charge in [-0.15, -0.1) is 11.8 Å². The molecule has 0 bridgehead atoms. The van der Waals surface area contributed by atoms with Gasteiger partial charge in [-0.2, -0.15) is 0 Å². The van der Waals surface area contributed by atoms with E-state index in [0.717, 1.165) is 11.3 Å². The van der Waals surface area contributed by atoms with Crippen molar-refractivity contribution in [3.05, 3.63) is 64.7 Å². The molecule has 2 aromatic rings. The van der Waals surface area contributed by atoms with Gasteiger partial charge in [-0.3, -0.25) is 0 Å². The highest BCUT2D eigenvalue weighted by molar-refractivity contribution is 7.98. The van der Waals surface area contributed by atoms with E-state index in [-0.39, 0.29) is 5.97 Å². The van der Waals surface area contributed by atoms with E-state index in [9.17, 15) is 4.79 Å². The molecule has 0 N–H and O–H groups in total. The maximum Gasteiger partial charge on any atom is 0.338 e. The first-order valence-electron chi connectivity index (χ1n) is 6.48. The number of carbonyl (C=O) groups is 1. The van der Waals surface area contributed by atoms with Crippen molar-refractivity contribution in [2.75, 3.05) is 7.11 Å².